The van der Waals surface area contributed by atoms with E-state index in [2.05, 4.69) is 28.8 Å². The second-order valence-electron chi connectivity index (χ2n) is 3.60. The summed E-state index contributed by atoms with van der Waals surface area (Å²) >= 11 is 3.55. The summed E-state index contributed by atoms with van der Waals surface area (Å²) in [5, 5.41) is 1.15. The normalized spacial score (nSPS) is 13.1. The lowest BCUT2D eigenvalue weighted by Gasteiger charge is -2.11. The van der Waals surface area contributed by atoms with E-state index in [9.17, 15) is 0 Å². The fourth-order valence-corrected chi connectivity index (χ4v) is 3.25. The van der Waals surface area contributed by atoms with Crippen LogP contribution in [0.3, 0.4) is 0 Å². The molecule has 1 aromatic carbocycles. The summed E-state index contributed by atoms with van der Waals surface area (Å²) in [5.74, 6) is 6.52. The van der Waals surface area contributed by atoms with Gasteiger partial charge in [0.1, 0.15) is 0 Å². The van der Waals surface area contributed by atoms with Crippen LogP contribution in [0.4, 0.5) is 0 Å². The maximum atomic E-state index is 5.51. The second-order valence-corrected chi connectivity index (χ2v) is 5.62. The molecule has 1 heterocycles. The Morgan fingerprint density at radius 2 is 2.31 bits per heavy atom. The third-order valence-corrected chi connectivity index (χ3v) is 4.16. The van der Waals surface area contributed by atoms with Gasteiger partial charge in [-0.2, -0.15) is 11.8 Å². The van der Waals surface area contributed by atoms with Crippen molar-refractivity contribution in [3.63, 3.8) is 0 Å². The van der Waals surface area contributed by atoms with Crippen molar-refractivity contribution >= 4 is 33.3 Å². The van der Waals surface area contributed by atoms with E-state index < -0.39 is 0 Å². The molecule has 1 aromatic heterocycles. The highest BCUT2D eigenvalue weighted by molar-refractivity contribution is 7.98. The Labute approximate surface area is 103 Å². The lowest BCUT2D eigenvalue weighted by Crippen LogP contribution is -2.38. The van der Waals surface area contributed by atoms with E-state index in [1.807, 2.05) is 12.1 Å². The zero-order valence-electron chi connectivity index (χ0n) is 9.14. The molecule has 0 aliphatic carbocycles. The van der Waals surface area contributed by atoms with E-state index in [0.717, 1.165) is 22.7 Å². The lowest BCUT2D eigenvalue weighted by atomic mass is 10.2. The quantitative estimate of drug-likeness (QED) is 0.632. The molecule has 0 fully saturated rings. The molecule has 0 bridgehead atoms. The first-order valence-electron chi connectivity index (χ1n) is 5.13. The molecule has 16 heavy (non-hydrogen) atoms. The molecule has 1 atom stereocenters. The summed E-state index contributed by atoms with van der Waals surface area (Å²) < 4.78 is 1.25. The number of nitrogens with zero attached hydrogens (tertiary/aromatic N) is 1. The van der Waals surface area contributed by atoms with E-state index in [-0.39, 0.29) is 0 Å². The van der Waals surface area contributed by atoms with Crippen LogP contribution in [-0.2, 0) is 6.42 Å². The molecule has 2 aromatic rings. The van der Waals surface area contributed by atoms with Gasteiger partial charge in [0.2, 0.25) is 0 Å². The highest BCUT2D eigenvalue weighted by Crippen LogP contribution is 2.22. The summed E-state index contributed by atoms with van der Waals surface area (Å²) in [6.07, 6.45) is 2.99. The van der Waals surface area contributed by atoms with Crippen LogP contribution in [0.15, 0.2) is 24.3 Å². The van der Waals surface area contributed by atoms with Crippen LogP contribution in [-0.4, -0.2) is 23.0 Å². The Bertz CT molecular complexity index is 422. The largest absolute Gasteiger partial charge is 0.271 e. The molecule has 3 N–H and O–H groups in total. The van der Waals surface area contributed by atoms with Gasteiger partial charge in [-0.05, 0) is 18.4 Å². The van der Waals surface area contributed by atoms with Crippen molar-refractivity contribution in [3.8, 4) is 0 Å². The van der Waals surface area contributed by atoms with Crippen molar-refractivity contribution in [2.75, 3.05) is 12.0 Å². The topological polar surface area (TPSA) is 50.9 Å². The molecule has 2 rings (SSSR count). The van der Waals surface area contributed by atoms with Gasteiger partial charge < -0.3 is 0 Å². The van der Waals surface area contributed by atoms with Gasteiger partial charge in [-0.3, -0.25) is 11.3 Å². The van der Waals surface area contributed by atoms with E-state index in [1.54, 1.807) is 23.1 Å². The van der Waals surface area contributed by atoms with Gasteiger partial charge in [0.05, 0.1) is 15.2 Å². The van der Waals surface area contributed by atoms with Gasteiger partial charge in [0.15, 0.2) is 0 Å². The van der Waals surface area contributed by atoms with E-state index in [4.69, 9.17) is 5.84 Å². The van der Waals surface area contributed by atoms with Crippen molar-refractivity contribution in [2.24, 2.45) is 5.84 Å². The van der Waals surface area contributed by atoms with Gasteiger partial charge in [-0.1, -0.05) is 12.1 Å². The fourth-order valence-electron chi connectivity index (χ4n) is 1.59. The molecule has 0 radical (unpaired) electrons. The molecular formula is C11H15N3S2. The van der Waals surface area contributed by atoms with Crippen LogP contribution in [0.1, 0.15) is 5.01 Å². The van der Waals surface area contributed by atoms with Gasteiger partial charge in [-0.25, -0.2) is 4.98 Å². The van der Waals surface area contributed by atoms with Crippen LogP contribution in [0.2, 0.25) is 0 Å². The summed E-state index contributed by atoms with van der Waals surface area (Å²) in [6, 6.07) is 8.53. The van der Waals surface area contributed by atoms with Crippen molar-refractivity contribution in [2.45, 2.75) is 12.5 Å². The zero-order chi connectivity index (χ0) is 11.4. The van der Waals surface area contributed by atoms with Crippen LogP contribution in [0.25, 0.3) is 10.2 Å². The fraction of sp³-hybridized carbons (Fsp3) is 0.364. The Morgan fingerprint density at radius 3 is 3.00 bits per heavy atom. The van der Waals surface area contributed by atoms with Crippen molar-refractivity contribution in [1.29, 1.82) is 0 Å². The molecule has 3 nitrogen and oxygen atoms in total. The molecule has 0 saturated carbocycles. The number of thiazole rings is 1. The molecule has 1 unspecified atom stereocenters. The molecule has 0 amide bonds. The van der Waals surface area contributed by atoms with Crippen LogP contribution in [0.5, 0.6) is 0 Å². The van der Waals surface area contributed by atoms with Gasteiger partial charge >= 0.3 is 0 Å². The Kier molecular flexibility index (Phi) is 4.17. The Balaban J connectivity index is 2.14. The summed E-state index contributed by atoms with van der Waals surface area (Å²) in [6.45, 7) is 0. The number of nitrogens with two attached hydrogens (primary N) is 1. The third kappa shape index (κ3) is 2.74. The maximum absolute atomic E-state index is 5.51. The highest BCUT2D eigenvalue weighted by Gasteiger charge is 2.10. The number of thioether (sulfide) groups is 1. The predicted molar refractivity (Wildman–Crippen MR) is 72.8 cm³/mol. The highest BCUT2D eigenvalue weighted by atomic mass is 32.2. The number of rotatable bonds is 5. The summed E-state index contributed by atoms with van der Waals surface area (Å²) in [4.78, 5) is 4.60. The molecule has 86 valence electrons. The minimum Gasteiger partial charge on any atom is -0.271 e. The standard InChI is InChI=1S/C11H15N3S2/c1-15-7-8(14-12)6-11-13-9-4-2-3-5-10(9)16-11/h2-5,8,14H,6-7,12H2,1H3. The number of fused-ring (bicyclic) bond motifs is 1. The SMILES string of the molecule is CSCC(Cc1nc2ccccc2s1)NN. The number of aromatic nitrogens is 1. The Morgan fingerprint density at radius 1 is 1.50 bits per heavy atom. The first kappa shape index (κ1) is 11.9. The number of hydrogen-bond donors (Lipinski definition) is 2. The molecule has 0 aliphatic rings. The maximum Gasteiger partial charge on any atom is 0.0954 e. The lowest BCUT2D eigenvalue weighted by molar-refractivity contribution is 0.575. The minimum atomic E-state index is 0.301. The minimum absolute atomic E-state index is 0.301. The number of nitrogens with one attached hydrogen (secondary N) is 1. The number of para-hydroxylation sites is 1. The molecule has 0 saturated heterocycles. The smallest absolute Gasteiger partial charge is 0.0954 e. The average Bonchev–Trinajstić information content (AvgIpc) is 2.70. The van der Waals surface area contributed by atoms with Crippen molar-refractivity contribution in [1.82, 2.24) is 10.4 Å². The number of hydrazine groups is 1. The van der Waals surface area contributed by atoms with Gasteiger partial charge in [0, 0.05) is 18.2 Å². The van der Waals surface area contributed by atoms with E-state index in [1.165, 1.54) is 4.70 Å². The zero-order valence-corrected chi connectivity index (χ0v) is 10.8. The molecule has 0 spiro atoms. The molecule has 5 heteroatoms. The first-order valence-corrected chi connectivity index (χ1v) is 7.34. The van der Waals surface area contributed by atoms with Crippen LogP contribution in [0, 0.1) is 0 Å². The van der Waals surface area contributed by atoms with Gasteiger partial charge in [0.25, 0.3) is 0 Å². The van der Waals surface area contributed by atoms with Crippen LogP contribution < -0.4 is 11.3 Å². The number of benzene rings is 1. The Hall–Kier alpha value is -0.620. The number of hydrogen-bond acceptors (Lipinski definition) is 5. The molecular weight excluding hydrogens is 238 g/mol. The second kappa shape index (κ2) is 5.63. The third-order valence-electron chi connectivity index (χ3n) is 2.36. The van der Waals surface area contributed by atoms with Gasteiger partial charge in [-0.15, -0.1) is 11.3 Å². The first-order chi connectivity index (χ1) is 7.83. The average molecular weight is 253 g/mol. The van der Waals surface area contributed by atoms with E-state index >= 15 is 0 Å². The summed E-state index contributed by atoms with van der Waals surface area (Å²) in [7, 11) is 0. The molecule has 0 aliphatic heterocycles. The van der Waals surface area contributed by atoms with E-state index in [0.29, 0.717) is 6.04 Å². The van der Waals surface area contributed by atoms with Crippen molar-refractivity contribution in [3.05, 3.63) is 29.3 Å². The van der Waals surface area contributed by atoms with Crippen LogP contribution >= 0.6 is 23.1 Å². The predicted octanol–water partition coefficient (Wildman–Crippen LogP) is 2.03. The summed E-state index contributed by atoms with van der Waals surface area (Å²) in [5.41, 5.74) is 3.93. The van der Waals surface area contributed by atoms with Crippen molar-refractivity contribution < 1.29 is 0 Å². The monoisotopic (exact) mass is 253 g/mol.